The van der Waals surface area contributed by atoms with Crippen molar-refractivity contribution < 1.29 is 4.74 Å². The van der Waals surface area contributed by atoms with Gasteiger partial charge in [0.1, 0.15) is 0 Å². The van der Waals surface area contributed by atoms with Gasteiger partial charge < -0.3 is 10.1 Å². The Bertz CT molecular complexity index is 392. The van der Waals surface area contributed by atoms with E-state index in [1.54, 1.807) is 0 Å². The average Bonchev–Trinajstić information content (AvgIpc) is 2.94. The highest BCUT2D eigenvalue weighted by molar-refractivity contribution is 5.36. The molecule has 2 aliphatic rings. The zero-order valence-electron chi connectivity index (χ0n) is 10.5. The molecule has 1 aliphatic heterocycles. The fraction of sp³-hybridized carbons (Fsp3) is 0.600. The second kappa shape index (κ2) is 4.43. The van der Waals surface area contributed by atoms with Gasteiger partial charge in [-0.3, -0.25) is 0 Å². The molecule has 1 saturated carbocycles. The third-order valence-electron chi connectivity index (χ3n) is 4.24. The summed E-state index contributed by atoms with van der Waals surface area (Å²) < 4.78 is 5.37. The molecule has 1 unspecified atom stereocenters. The minimum atomic E-state index is 0.337. The van der Waals surface area contributed by atoms with Crippen LogP contribution in [-0.2, 0) is 10.2 Å². The topological polar surface area (TPSA) is 21.3 Å². The van der Waals surface area contributed by atoms with E-state index in [-0.39, 0.29) is 0 Å². The second-order valence-electron chi connectivity index (χ2n) is 5.49. The largest absolute Gasteiger partial charge is 0.384 e. The van der Waals surface area contributed by atoms with Crippen LogP contribution in [0, 0.1) is 0 Å². The number of hydrogen-bond donors (Lipinski definition) is 1. The van der Waals surface area contributed by atoms with E-state index in [2.05, 4.69) is 29.6 Å². The summed E-state index contributed by atoms with van der Waals surface area (Å²) in [5.74, 6) is 0. The molecular weight excluding hydrogens is 210 g/mol. The Morgan fingerprint density at radius 1 is 1.41 bits per heavy atom. The highest BCUT2D eigenvalue weighted by Crippen LogP contribution is 2.48. The summed E-state index contributed by atoms with van der Waals surface area (Å²) in [4.78, 5) is 0. The lowest BCUT2D eigenvalue weighted by molar-refractivity contribution is 0.171. The van der Waals surface area contributed by atoms with Crippen LogP contribution in [0.15, 0.2) is 24.3 Å². The van der Waals surface area contributed by atoms with Crippen molar-refractivity contribution in [2.24, 2.45) is 0 Å². The van der Waals surface area contributed by atoms with Crippen molar-refractivity contribution >= 4 is 0 Å². The summed E-state index contributed by atoms with van der Waals surface area (Å²) in [5, 5.41) is 3.57. The molecule has 0 amide bonds. The van der Waals surface area contributed by atoms with Crippen LogP contribution >= 0.6 is 0 Å². The highest BCUT2D eigenvalue weighted by atomic mass is 16.5. The fourth-order valence-electron chi connectivity index (χ4n) is 3.00. The molecule has 92 valence electrons. The third kappa shape index (κ3) is 2.12. The molecule has 3 rings (SSSR count). The van der Waals surface area contributed by atoms with Crippen molar-refractivity contribution in [2.75, 3.05) is 20.3 Å². The van der Waals surface area contributed by atoms with Gasteiger partial charge in [-0.1, -0.05) is 24.3 Å². The van der Waals surface area contributed by atoms with Crippen molar-refractivity contribution in [1.29, 1.82) is 0 Å². The summed E-state index contributed by atoms with van der Waals surface area (Å²) in [5.41, 5.74) is 3.27. The first kappa shape index (κ1) is 11.2. The first-order chi connectivity index (χ1) is 8.34. The predicted molar refractivity (Wildman–Crippen MR) is 69.2 cm³/mol. The zero-order valence-corrected chi connectivity index (χ0v) is 10.5. The van der Waals surface area contributed by atoms with E-state index >= 15 is 0 Å². The highest BCUT2D eigenvalue weighted by Gasteiger charge is 2.44. The van der Waals surface area contributed by atoms with E-state index in [0.29, 0.717) is 11.5 Å². The van der Waals surface area contributed by atoms with E-state index in [1.165, 1.54) is 36.8 Å². The molecule has 1 aliphatic carbocycles. The van der Waals surface area contributed by atoms with Crippen molar-refractivity contribution in [2.45, 2.75) is 37.1 Å². The zero-order chi connectivity index (χ0) is 11.7. The molecule has 2 heteroatoms. The molecule has 1 aromatic carbocycles. The minimum absolute atomic E-state index is 0.337. The van der Waals surface area contributed by atoms with Gasteiger partial charge in [0, 0.05) is 18.6 Å². The number of hydrogen-bond acceptors (Lipinski definition) is 2. The lowest BCUT2D eigenvalue weighted by Crippen LogP contribution is -2.16. The Morgan fingerprint density at radius 2 is 2.29 bits per heavy atom. The second-order valence-corrected chi connectivity index (χ2v) is 5.49. The SMILES string of the molecule is COCC1(c2cccc(C3CCCN3)c2)CC1. The maximum Gasteiger partial charge on any atom is 0.0559 e. The molecule has 0 radical (unpaired) electrons. The Hall–Kier alpha value is -0.860. The molecule has 0 bridgehead atoms. The lowest BCUT2D eigenvalue weighted by Gasteiger charge is -2.18. The average molecular weight is 231 g/mol. The molecule has 1 atom stereocenters. The molecule has 0 aromatic heterocycles. The number of rotatable bonds is 4. The fourth-order valence-corrected chi connectivity index (χ4v) is 3.00. The molecule has 17 heavy (non-hydrogen) atoms. The van der Waals surface area contributed by atoms with Crippen LogP contribution in [0.4, 0.5) is 0 Å². The first-order valence-electron chi connectivity index (χ1n) is 6.67. The van der Waals surface area contributed by atoms with Crippen LogP contribution < -0.4 is 5.32 Å². The Labute approximate surface area is 103 Å². The van der Waals surface area contributed by atoms with Crippen LogP contribution in [0.2, 0.25) is 0 Å². The maximum atomic E-state index is 5.37. The van der Waals surface area contributed by atoms with E-state index in [9.17, 15) is 0 Å². The molecular formula is C15H21NO. The number of ether oxygens (including phenoxy) is 1. The van der Waals surface area contributed by atoms with Crippen molar-refractivity contribution in [1.82, 2.24) is 5.32 Å². The van der Waals surface area contributed by atoms with Gasteiger partial charge in [-0.25, -0.2) is 0 Å². The van der Waals surface area contributed by atoms with Gasteiger partial charge in [0.2, 0.25) is 0 Å². The van der Waals surface area contributed by atoms with Crippen molar-refractivity contribution in [3.8, 4) is 0 Å². The van der Waals surface area contributed by atoms with Crippen molar-refractivity contribution in [3.63, 3.8) is 0 Å². The monoisotopic (exact) mass is 231 g/mol. The molecule has 1 saturated heterocycles. The smallest absolute Gasteiger partial charge is 0.0559 e. The Balaban J connectivity index is 1.83. The van der Waals surface area contributed by atoms with Gasteiger partial charge in [-0.15, -0.1) is 0 Å². The Morgan fingerprint density at radius 3 is 2.94 bits per heavy atom. The van der Waals surface area contributed by atoms with Crippen LogP contribution in [0.1, 0.15) is 42.9 Å². The molecule has 1 N–H and O–H groups in total. The first-order valence-corrected chi connectivity index (χ1v) is 6.67. The quantitative estimate of drug-likeness (QED) is 0.860. The van der Waals surface area contributed by atoms with E-state index < -0.39 is 0 Å². The van der Waals surface area contributed by atoms with Gasteiger partial charge in [0.25, 0.3) is 0 Å². The van der Waals surface area contributed by atoms with Gasteiger partial charge in [-0.2, -0.15) is 0 Å². The summed E-state index contributed by atoms with van der Waals surface area (Å²) in [6.45, 7) is 2.03. The lowest BCUT2D eigenvalue weighted by atomic mass is 9.93. The normalized spacial score (nSPS) is 26.1. The van der Waals surface area contributed by atoms with Gasteiger partial charge >= 0.3 is 0 Å². The molecule has 2 nitrogen and oxygen atoms in total. The summed E-state index contributed by atoms with van der Waals surface area (Å²) in [7, 11) is 1.81. The minimum Gasteiger partial charge on any atom is -0.384 e. The number of methoxy groups -OCH3 is 1. The van der Waals surface area contributed by atoms with Crippen LogP contribution in [0.5, 0.6) is 0 Å². The van der Waals surface area contributed by atoms with E-state index in [1.807, 2.05) is 7.11 Å². The summed E-state index contributed by atoms with van der Waals surface area (Å²) in [6, 6.07) is 9.71. The Kier molecular flexibility index (Phi) is 2.93. The number of nitrogens with one attached hydrogen (secondary N) is 1. The summed E-state index contributed by atoms with van der Waals surface area (Å²) in [6.07, 6.45) is 5.14. The third-order valence-corrected chi connectivity index (χ3v) is 4.24. The molecule has 2 fully saturated rings. The molecule has 1 aromatic rings. The van der Waals surface area contributed by atoms with E-state index in [4.69, 9.17) is 4.74 Å². The van der Waals surface area contributed by atoms with Gasteiger partial charge in [0.05, 0.1) is 6.61 Å². The van der Waals surface area contributed by atoms with Crippen LogP contribution in [0.3, 0.4) is 0 Å². The standard InChI is InChI=1S/C15H21NO/c1-17-11-15(7-8-15)13-5-2-4-12(10-13)14-6-3-9-16-14/h2,4-5,10,14,16H,3,6-9,11H2,1H3. The molecule has 1 heterocycles. The van der Waals surface area contributed by atoms with Gasteiger partial charge in [0.15, 0.2) is 0 Å². The maximum absolute atomic E-state index is 5.37. The summed E-state index contributed by atoms with van der Waals surface area (Å²) >= 11 is 0. The number of benzene rings is 1. The van der Waals surface area contributed by atoms with Crippen molar-refractivity contribution in [3.05, 3.63) is 35.4 Å². The van der Waals surface area contributed by atoms with Gasteiger partial charge in [-0.05, 0) is 43.4 Å². The van der Waals surface area contributed by atoms with E-state index in [0.717, 1.165) is 13.2 Å². The predicted octanol–water partition coefficient (Wildman–Crippen LogP) is 2.79. The van der Waals surface area contributed by atoms with Crippen LogP contribution in [0.25, 0.3) is 0 Å². The van der Waals surface area contributed by atoms with Crippen LogP contribution in [-0.4, -0.2) is 20.3 Å². The molecule has 0 spiro atoms.